The first-order valence-corrected chi connectivity index (χ1v) is 14.2. The van der Waals surface area contributed by atoms with Crippen molar-refractivity contribution in [2.75, 3.05) is 19.6 Å². The molecular formula is C35H37N3O3. The first-order chi connectivity index (χ1) is 20.1. The largest absolute Gasteiger partial charge is 0.445 e. The van der Waals surface area contributed by atoms with Gasteiger partial charge in [-0.25, -0.2) is 4.79 Å². The standard InChI is InChI=1S/C35H37N3O3/c39-33(23-36-34(40)41-26-28-13-4-1-5-14-28)37-27-35(31-17-6-2-7-18-31,32-19-8-3-9-20-32)21-12-22-38-24-29-15-10-11-16-30(29)25-38/h1-11,13-20H,12,21-27H2,(H,36,40)(H,37,39). The van der Waals surface area contributed by atoms with Gasteiger partial charge >= 0.3 is 6.09 Å². The molecule has 6 nitrogen and oxygen atoms in total. The van der Waals surface area contributed by atoms with Gasteiger partial charge in [0.05, 0.1) is 6.54 Å². The van der Waals surface area contributed by atoms with Crippen LogP contribution in [0.2, 0.25) is 0 Å². The SMILES string of the molecule is O=C(CNC(=O)OCc1ccccc1)NCC(CCCN1Cc2ccccc2C1)(c1ccccc1)c1ccccc1. The summed E-state index contributed by atoms with van der Waals surface area (Å²) in [5.41, 5.74) is 5.61. The minimum absolute atomic E-state index is 0.153. The second kappa shape index (κ2) is 13.8. The molecule has 1 aliphatic heterocycles. The Labute approximate surface area is 242 Å². The lowest BCUT2D eigenvalue weighted by Crippen LogP contribution is -2.45. The van der Waals surface area contributed by atoms with E-state index in [9.17, 15) is 9.59 Å². The highest BCUT2D eigenvalue weighted by molar-refractivity contribution is 5.82. The summed E-state index contributed by atoms with van der Waals surface area (Å²) >= 11 is 0. The zero-order valence-electron chi connectivity index (χ0n) is 23.3. The van der Waals surface area contributed by atoms with E-state index in [0.29, 0.717) is 6.54 Å². The summed E-state index contributed by atoms with van der Waals surface area (Å²) in [7, 11) is 0. The number of carbonyl (C=O) groups excluding carboxylic acids is 2. The highest BCUT2D eigenvalue weighted by Gasteiger charge is 2.34. The van der Waals surface area contributed by atoms with Crippen molar-refractivity contribution in [1.29, 1.82) is 0 Å². The molecule has 0 unspecified atom stereocenters. The molecule has 41 heavy (non-hydrogen) atoms. The van der Waals surface area contributed by atoms with Crippen molar-refractivity contribution < 1.29 is 14.3 Å². The Hall–Kier alpha value is -4.42. The van der Waals surface area contributed by atoms with Crippen molar-refractivity contribution in [2.45, 2.75) is 38.0 Å². The van der Waals surface area contributed by atoms with Crippen LogP contribution in [-0.2, 0) is 34.6 Å². The fourth-order valence-corrected chi connectivity index (χ4v) is 5.67. The molecule has 0 bridgehead atoms. The molecule has 0 aromatic heterocycles. The van der Waals surface area contributed by atoms with E-state index in [2.05, 4.69) is 88.3 Å². The van der Waals surface area contributed by atoms with Crippen molar-refractivity contribution >= 4 is 12.0 Å². The summed E-state index contributed by atoms with van der Waals surface area (Å²) in [4.78, 5) is 27.6. The number of hydrogen-bond acceptors (Lipinski definition) is 4. The molecule has 0 aliphatic carbocycles. The van der Waals surface area contributed by atoms with Crippen LogP contribution in [0.15, 0.2) is 115 Å². The second-order valence-corrected chi connectivity index (χ2v) is 10.6. The van der Waals surface area contributed by atoms with E-state index in [4.69, 9.17) is 4.74 Å². The molecule has 5 rings (SSSR count). The van der Waals surface area contributed by atoms with Crippen molar-refractivity contribution in [3.05, 3.63) is 143 Å². The molecule has 0 spiro atoms. The predicted molar refractivity (Wildman–Crippen MR) is 161 cm³/mol. The molecule has 1 aliphatic rings. The normalized spacial score (nSPS) is 12.9. The van der Waals surface area contributed by atoms with E-state index in [1.807, 2.05) is 42.5 Å². The molecule has 0 radical (unpaired) electrons. The smallest absolute Gasteiger partial charge is 0.407 e. The lowest BCUT2D eigenvalue weighted by atomic mass is 9.71. The van der Waals surface area contributed by atoms with Crippen molar-refractivity contribution in [2.24, 2.45) is 0 Å². The van der Waals surface area contributed by atoms with Gasteiger partial charge in [-0.3, -0.25) is 9.69 Å². The maximum atomic E-state index is 13.0. The van der Waals surface area contributed by atoms with Gasteiger partial charge in [0.15, 0.2) is 0 Å². The number of rotatable bonds is 12. The maximum absolute atomic E-state index is 13.0. The molecule has 6 heteroatoms. The second-order valence-electron chi connectivity index (χ2n) is 10.6. The number of nitrogens with zero attached hydrogens (tertiary/aromatic N) is 1. The summed E-state index contributed by atoms with van der Waals surface area (Å²) in [5, 5.41) is 5.70. The Balaban J connectivity index is 1.24. The number of alkyl carbamates (subject to hydrolysis) is 1. The molecule has 0 fully saturated rings. The molecule has 0 saturated carbocycles. The lowest BCUT2D eigenvalue weighted by Gasteiger charge is -2.36. The predicted octanol–water partition coefficient (Wildman–Crippen LogP) is 5.81. The summed E-state index contributed by atoms with van der Waals surface area (Å²) in [6, 6.07) is 38.9. The third-order valence-corrected chi connectivity index (χ3v) is 7.83. The van der Waals surface area contributed by atoms with Crippen LogP contribution >= 0.6 is 0 Å². The van der Waals surface area contributed by atoms with Crippen LogP contribution in [0.4, 0.5) is 4.79 Å². The molecule has 4 aromatic rings. The van der Waals surface area contributed by atoms with Crippen LogP contribution in [0.5, 0.6) is 0 Å². The molecule has 0 saturated heterocycles. The average Bonchev–Trinajstić information content (AvgIpc) is 3.45. The van der Waals surface area contributed by atoms with Crippen LogP contribution in [-0.4, -0.2) is 36.5 Å². The quantitative estimate of drug-likeness (QED) is 0.235. The molecule has 2 N–H and O–H groups in total. The monoisotopic (exact) mass is 547 g/mol. The van der Waals surface area contributed by atoms with Crippen LogP contribution < -0.4 is 10.6 Å². The number of fused-ring (bicyclic) bond motifs is 1. The molecule has 0 atom stereocenters. The molecule has 210 valence electrons. The fourth-order valence-electron chi connectivity index (χ4n) is 5.67. The Morgan fingerprint density at radius 3 is 1.83 bits per heavy atom. The molecule has 2 amide bonds. The van der Waals surface area contributed by atoms with E-state index < -0.39 is 11.5 Å². The minimum atomic E-state index is -0.618. The van der Waals surface area contributed by atoms with Gasteiger partial charge in [0.1, 0.15) is 6.61 Å². The first kappa shape index (κ1) is 28.1. The zero-order valence-corrected chi connectivity index (χ0v) is 23.3. The van der Waals surface area contributed by atoms with Gasteiger partial charge in [-0.05, 0) is 47.2 Å². The van der Waals surface area contributed by atoms with E-state index >= 15 is 0 Å². The third kappa shape index (κ3) is 7.41. The highest BCUT2D eigenvalue weighted by Crippen LogP contribution is 2.37. The van der Waals surface area contributed by atoms with Gasteiger partial charge in [-0.15, -0.1) is 0 Å². The van der Waals surface area contributed by atoms with E-state index in [0.717, 1.165) is 49.2 Å². The van der Waals surface area contributed by atoms with Crippen LogP contribution in [0, 0.1) is 0 Å². The van der Waals surface area contributed by atoms with E-state index in [1.165, 1.54) is 11.1 Å². The number of ether oxygens (including phenoxy) is 1. The Morgan fingerprint density at radius 2 is 1.24 bits per heavy atom. The van der Waals surface area contributed by atoms with Crippen molar-refractivity contribution in [3.63, 3.8) is 0 Å². The van der Waals surface area contributed by atoms with Crippen molar-refractivity contribution in [3.8, 4) is 0 Å². The van der Waals surface area contributed by atoms with Gasteiger partial charge in [0.25, 0.3) is 0 Å². The molecule has 1 heterocycles. The van der Waals surface area contributed by atoms with Gasteiger partial charge in [-0.2, -0.15) is 0 Å². The van der Waals surface area contributed by atoms with Crippen LogP contribution in [0.1, 0.15) is 40.7 Å². The summed E-state index contributed by atoms with van der Waals surface area (Å²) < 4.78 is 5.25. The number of hydrogen-bond donors (Lipinski definition) is 2. The lowest BCUT2D eigenvalue weighted by molar-refractivity contribution is -0.120. The van der Waals surface area contributed by atoms with E-state index in [1.54, 1.807) is 0 Å². The number of carbonyl (C=O) groups is 2. The third-order valence-electron chi connectivity index (χ3n) is 7.83. The van der Waals surface area contributed by atoms with Crippen LogP contribution in [0.3, 0.4) is 0 Å². The summed E-state index contributed by atoms with van der Waals surface area (Å²) in [6.07, 6.45) is 1.21. The number of amides is 2. The van der Waals surface area contributed by atoms with E-state index in [-0.39, 0.29) is 19.1 Å². The Morgan fingerprint density at radius 1 is 0.707 bits per heavy atom. The average molecular weight is 548 g/mol. The van der Waals surface area contributed by atoms with Gasteiger partial charge in [0.2, 0.25) is 5.91 Å². The first-order valence-electron chi connectivity index (χ1n) is 14.2. The van der Waals surface area contributed by atoms with Gasteiger partial charge < -0.3 is 15.4 Å². The maximum Gasteiger partial charge on any atom is 0.407 e. The topological polar surface area (TPSA) is 70.7 Å². The highest BCUT2D eigenvalue weighted by atomic mass is 16.5. The molecular weight excluding hydrogens is 510 g/mol. The zero-order chi connectivity index (χ0) is 28.3. The number of nitrogens with one attached hydrogen (secondary N) is 2. The Kier molecular flexibility index (Phi) is 9.45. The summed E-state index contributed by atoms with van der Waals surface area (Å²) in [5.74, 6) is -0.257. The van der Waals surface area contributed by atoms with Gasteiger partial charge in [-0.1, -0.05) is 115 Å². The van der Waals surface area contributed by atoms with Gasteiger partial charge in [0, 0.05) is 25.0 Å². The minimum Gasteiger partial charge on any atom is -0.445 e. The van der Waals surface area contributed by atoms with Crippen LogP contribution in [0.25, 0.3) is 0 Å². The summed E-state index contributed by atoms with van der Waals surface area (Å²) in [6.45, 7) is 3.34. The number of benzene rings is 4. The van der Waals surface area contributed by atoms with Crippen molar-refractivity contribution in [1.82, 2.24) is 15.5 Å². The molecule has 4 aromatic carbocycles. The Bertz CT molecular complexity index is 1350. The fraction of sp³-hybridized carbons (Fsp3) is 0.257.